The smallest absolute Gasteiger partial charge is 0.249 e. The van der Waals surface area contributed by atoms with E-state index < -0.39 is 10.0 Å². The number of hydrogen-bond donors (Lipinski definition) is 1. The zero-order chi connectivity index (χ0) is 10.3. The van der Waals surface area contributed by atoms with Crippen molar-refractivity contribution in [1.29, 1.82) is 0 Å². The van der Waals surface area contributed by atoms with Gasteiger partial charge < -0.3 is 5.21 Å². The van der Waals surface area contributed by atoms with Crippen molar-refractivity contribution in [3.05, 3.63) is 23.4 Å². The van der Waals surface area contributed by atoms with Crippen LogP contribution in [0.15, 0.2) is 27.7 Å². The molecule has 0 aliphatic carbocycles. The number of benzene rings is 1. The molecule has 0 spiro atoms. The third-order valence-electron chi connectivity index (χ3n) is 1.69. The second-order valence-electron chi connectivity index (χ2n) is 2.63. The van der Waals surface area contributed by atoms with Crippen LogP contribution in [-0.2, 0) is 10.0 Å². The van der Waals surface area contributed by atoms with Crippen LogP contribution in [0.4, 0.5) is 0 Å². The summed E-state index contributed by atoms with van der Waals surface area (Å²) in [5.41, 5.74) is 0.295. The highest BCUT2D eigenvalue weighted by atomic mass is 32.2. The molecule has 0 aliphatic rings. The molecule has 0 atom stereocenters. The Morgan fingerprint density at radius 3 is 2.86 bits per heavy atom. The number of sulfonamides is 1. The second-order valence-corrected chi connectivity index (χ2v) is 4.19. The van der Waals surface area contributed by atoms with E-state index >= 15 is 0 Å². The number of primary sulfonamides is 1. The van der Waals surface area contributed by atoms with E-state index in [9.17, 15) is 13.6 Å². The Balaban J connectivity index is 2.76. The molecule has 0 amide bonds. The van der Waals surface area contributed by atoms with E-state index in [0.717, 1.165) is 0 Å². The van der Waals surface area contributed by atoms with E-state index in [4.69, 9.17) is 5.14 Å². The van der Waals surface area contributed by atoms with Crippen molar-refractivity contribution in [2.24, 2.45) is 5.14 Å². The third kappa shape index (κ3) is 1.30. The number of nitrogens with zero attached hydrogens (tertiary/aromatic N) is 2. The van der Waals surface area contributed by atoms with E-state index in [-0.39, 0.29) is 20.8 Å². The van der Waals surface area contributed by atoms with Gasteiger partial charge in [-0.1, -0.05) is 0 Å². The standard InChI is InChI=1S/C6H5N3O4S/c7-14(11,12)4-1-2-6-5(3-4)8-13-9(6)10/h1-3H,(H2,7,11,12). The number of hydrogen-bond acceptors (Lipinski definition) is 5. The largest absolute Gasteiger partial charge is 0.359 e. The molecule has 8 heteroatoms. The SMILES string of the molecule is NS(=O)(=O)c1ccc2c(c1)no[n+]2[O-]. The van der Waals surface area contributed by atoms with E-state index in [2.05, 4.69) is 9.79 Å². The Morgan fingerprint density at radius 1 is 1.50 bits per heavy atom. The van der Waals surface area contributed by atoms with Crippen LogP contribution in [0.25, 0.3) is 11.0 Å². The lowest BCUT2D eigenvalue weighted by molar-refractivity contribution is -0.782. The van der Waals surface area contributed by atoms with Crippen LogP contribution in [-0.4, -0.2) is 13.6 Å². The van der Waals surface area contributed by atoms with Crippen molar-refractivity contribution in [3.8, 4) is 0 Å². The summed E-state index contributed by atoms with van der Waals surface area (Å²) in [6.45, 7) is 0. The van der Waals surface area contributed by atoms with Gasteiger partial charge in [0, 0.05) is 11.2 Å². The molecule has 0 aliphatic heterocycles. The van der Waals surface area contributed by atoms with Crippen molar-refractivity contribution in [1.82, 2.24) is 5.16 Å². The molecule has 7 nitrogen and oxygen atoms in total. The molecule has 0 radical (unpaired) electrons. The Labute approximate surface area is 78.3 Å². The molecule has 74 valence electrons. The van der Waals surface area contributed by atoms with Gasteiger partial charge in [-0.15, -0.1) is 0 Å². The molecule has 14 heavy (non-hydrogen) atoms. The topological polar surface area (TPSA) is 113 Å². The quantitative estimate of drug-likeness (QED) is 0.620. The first kappa shape index (κ1) is 8.91. The third-order valence-corrected chi connectivity index (χ3v) is 2.60. The van der Waals surface area contributed by atoms with Gasteiger partial charge in [-0.05, 0) is 17.0 Å². The summed E-state index contributed by atoms with van der Waals surface area (Å²) in [6.07, 6.45) is 0. The maximum atomic E-state index is 10.9. The summed E-state index contributed by atoms with van der Waals surface area (Å²) in [4.78, 5) is 0.0707. The average molecular weight is 215 g/mol. The van der Waals surface area contributed by atoms with Gasteiger partial charge in [0.25, 0.3) is 0 Å². The summed E-state index contributed by atoms with van der Waals surface area (Å²) >= 11 is 0. The predicted octanol–water partition coefficient (Wildman–Crippen LogP) is -0.891. The van der Waals surface area contributed by atoms with E-state index in [0.29, 0.717) is 0 Å². The molecule has 0 saturated carbocycles. The zero-order valence-electron chi connectivity index (χ0n) is 6.75. The first-order chi connectivity index (χ1) is 6.48. The zero-order valence-corrected chi connectivity index (χ0v) is 7.56. The van der Waals surface area contributed by atoms with Crippen LogP contribution in [0.1, 0.15) is 0 Å². The van der Waals surface area contributed by atoms with Gasteiger partial charge in [0.05, 0.1) is 4.90 Å². The summed E-state index contributed by atoms with van der Waals surface area (Å²) < 4.78 is 26.1. The van der Waals surface area contributed by atoms with Crippen LogP contribution < -0.4 is 10.0 Å². The van der Waals surface area contributed by atoms with Crippen LogP contribution in [0.5, 0.6) is 0 Å². The lowest BCUT2D eigenvalue weighted by atomic mass is 10.3. The average Bonchev–Trinajstić information content (AvgIpc) is 2.46. The first-order valence-electron chi connectivity index (χ1n) is 3.51. The first-order valence-corrected chi connectivity index (χ1v) is 5.05. The number of fused-ring (bicyclic) bond motifs is 1. The van der Waals surface area contributed by atoms with Crippen LogP contribution in [0.3, 0.4) is 0 Å². The minimum Gasteiger partial charge on any atom is -0.359 e. The van der Waals surface area contributed by atoms with Crippen LogP contribution in [0.2, 0.25) is 0 Å². The highest BCUT2D eigenvalue weighted by Crippen LogP contribution is 2.13. The molecule has 1 aromatic carbocycles. The monoisotopic (exact) mass is 215 g/mol. The Hall–Kier alpha value is -1.67. The second kappa shape index (κ2) is 2.66. The van der Waals surface area contributed by atoms with E-state index in [1.165, 1.54) is 18.2 Å². The van der Waals surface area contributed by atoms with E-state index in [1.807, 2.05) is 0 Å². The molecule has 2 N–H and O–H groups in total. The fourth-order valence-electron chi connectivity index (χ4n) is 1.03. The van der Waals surface area contributed by atoms with Gasteiger partial charge in [0.15, 0.2) is 0 Å². The molecule has 0 unspecified atom stereocenters. The number of rotatable bonds is 1. The fourth-order valence-corrected chi connectivity index (χ4v) is 1.57. The highest BCUT2D eigenvalue weighted by Gasteiger charge is 2.14. The number of aromatic nitrogens is 2. The van der Waals surface area contributed by atoms with Gasteiger partial charge in [-0.2, -0.15) is 0 Å². The summed E-state index contributed by atoms with van der Waals surface area (Å²) in [5, 5.41) is 19.1. The molecular formula is C6H5N3O4S. The lowest BCUT2D eigenvalue weighted by Crippen LogP contribution is -2.22. The summed E-state index contributed by atoms with van der Waals surface area (Å²) in [5.74, 6) is 0. The molecule has 1 heterocycles. The van der Waals surface area contributed by atoms with Gasteiger partial charge in [0.2, 0.25) is 21.1 Å². The maximum absolute atomic E-state index is 10.9. The van der Waals surface area contributed by atoms with Gasteiger partial charge in [-0.25, -0.2) is 13.6 Å². The maximum Gasteiger partial charge on any atom is 0.249 e. The van der Waals surface area contributed by atoms with Crippen LogP contribution >= 0.6 is 0 Å². The number of nitrogens with two attached hydrogens (primary N) is 1. The lowest BCUT2D eigenvalue weighted by Gasteiger charge is -1.94. The summed E-state index contributed by atoms with van der Waals surface area (Å²) in [7, 11) is -3.78. The van der Waals surface area contributed by atoms with Crippen LogP contribution in [0, 0.1) is 5.21 Å². The molecule has 0 saturated heterocycles. The predicted molar refractivity (Wildman–Crippen MR) is 44.3 cm³/mol. The minimum absolute atomic E-state index is 0.112. The molecule has 0 fully saturated rings. The molecule has 2 rings (SSSR count). The molecule has 1 aromatic heterocycles. The van der Waals surface area contributed by atoms with Crippen molar-refractivity contribution < 1.29 is 17.9 Å². The normalized spacial score (nSPS) is 12.1. The van der Waals surface area contributed by atoms with Crippen molar-refractivity contribution >= 4 is 21.1 Å². The summed E-state index contributed by atoms with van der Waals surface area (Å²) in [6, 6.07) is 3.66. The molecule has 0 bridgehead atoms. The Kier molecular flexibility index (Phi) is 1.69. The van der Waals surface area contributed by atoms with Gasteiger partial charge in [0.1, 0.15) is 0 Å². The van der Waals surface area contributed by atoms with Crippen molar-refractivity contribution in [2.45, 2.75) is 4.90 Å². The van der Waals surface area contributed by atoms with Gasteiger partial charge in [-0.3, -0.25) is 4.63 Å². The molecular weight excluding hydrogens is 210 g/mol. The fraction of sp³-hybridized carbons (Fsp3) is 0. The van der Waals surface area contributed by atoms with Crippen molar-refractivity contribution in [2.75, 3.05) is 0 Å². The van der Waals surface area contributed by atoms with Crippen molar-refractivity contribution in [3.63, 3.8) is 0 Å². The molecule has 2 aromatic rings. The Bertz CT molecular complexity index is 588. The van der Waals surface area contributed by atoms with Gasteiger partial charge >= 0.3 is 0 Å². The Morgan fingerprint density at radius 2 is 2.21 bits per heavy atom. The minimum atomic E-state index is -3.78. The highest BCUT2D eigenvalue weighted by molar-refractivity contribution is 7.89. The van der Waals surface area contributed by atoms with E-state index in [1.54, 1.807) is 0 Å².